The summed E-state index contributed by atoms with van der Waals surface area (Å²) in [5, 5.41) is 3.18. The highest BCUT2D eigenvalue weighted by Gasteiger charge is 2.24. The molecule has 0 bridgehead atoms. The Morgan fingerprint density at radius 2 is 2.38 bits per heavy atom. The first-order chi connectivity index (χ1) is 7.68. The smallest absolute Gasteiger partial charge is 0.128 e. The van der Waals surface area contributed by atoms with Crippen molar-refractivity contribution in [3.8, 4) is 0 Å². The molecule has 2 atom stereocenters. The van der Waals surface area contributed by atoms with Crippen LogP contribution in [-0.2, 0) is 4.74 Å². The number of rotatable bonds is 2. The van der Waals surface area contributed by atoms with Crippen LogP contribution >= 0.6 is 15.9 Å². The maximum Gasteiger partial charge on any atom is 0.128 e. The molecular formula is C11H14BrFN2O. The van der Waals surface area contributed by atoms with Crippen LogP contribution in [0.25, 0.3) is 0 Å². The van der Waals surface area contributed by atoms with Crippen LogP contribution in [0.1, 0.15) is 11.6 Å². The van der Waals surface area contributed by atoms with Crippen LogP contribution in [0.5, 0.6) is 0 Å². The Balaban J connectivity index is 2.18. The van der Waals surface area contributed by atoms with Gasteiger partial charge in [0.1, 0.15) is 5.82 Å². The van der Waals surface area contributed by atoms with Crippen LogP contribution in [0.15, 0.2) is 22.7 Å². The van der Waals surface area contributed by atoms with E-state index in [1.165, 1.54) is 6.07 Å². The molecule has 1 aromatic carbocycles. The number of nitrogens with one attached hydrogen (secondary N) is 1. The zero-order valence-electron chi connectivity index (χ0n) is 8.75. The van der Waals surface area contributed by atoms with Gasteiger partial charge in [-0.05, 0) is 18.2 Å². The molecule has 0 radical (unpaired) electrons. The molecule has 0 saturated carbocycles. The van der Waals surface area contributed by atoms with Gasteiger partial charge in [0.2, 0.25) is 0 Å². The minimum absolute atomic E-state index is 0.169. The summed E-state index contributed by atoms with van der Waals surface area (Å²) in [6, 6.07) is 4.34. The summed E-state index contributed by atoms with van der Waals surface area (Å²) in [5.41, 5.74) is 6.50. The minimum atomic E-state index is -0.440. The van der Waals surface area contributed by atoms with Crippen molar-refractivity contribution < 1.29 is 9.13 Å². The summed E-state index contributed by atoms with van der Waals surface area (Å²) >= 11 is 3.31. The Hall–Kier alpha value is -0.490. The van der Waals surface area contributed by atoms with Crippen molar-refractivity contribution in [1.82, 2.24) is 5.32 Å². The highest BCUT2D eigenvalue weighted by atomic mass is 79.9. The summed E-state index contributed by atoms with van der Waals surface area (Å²) in [6.07, 6.45) is -0.169. The predicted octanol–water partition coefficient (Wildman–Crippen LogP) is 1.58. The standard InChI is InChI=1S/C11H14BrFN2O/c12-7-1-2-9(13)8(5-7)11(14)10-6-15-3-4-16-10/h1-2,5,10-11,15H,3-4,6,14H2. The minimum Gasteiger partial charge on any atom is -0.374 e. The van der Waals surface area contributed by atoms with Crippen molar-refractivity contribution >= 4 is 15.9 Å². The summed E-state index contributed by atoms with van der Waals surface area (Å²) in [7, 11) is 0. The van der Waals surface area contributed by atoms with Crippen LogP contribution in [0, 0.1) is 5.82 Å². The molecule has 1 saturated heterocycles. The Bertz CT molecular complexity index is 369. The second kappa shape index (κ2) is 5.23. The van der Waals surface area contributed by atoms with Gasteiger partial charge in [0.15, 0.2) is 0 Å². The van der Waals surface area contributed by atoms with Crippen LogP contribution in [0.2, 0.25) is 0 Å². The quantitative estimate of drug-likeness (QED) is 0.869. The van der Waals surface area contributed by atoms with Gasteiger partial charge in [-0.3, -0.25) is 0 Å². The van der Waals surface area contributed by atoms with Crippen molar-refractivity contribution in [2.75, 3.05) is 19.7 Å². The van der Waals surface area contributed by atoms with Gasteiger partial charge in [-0.15, -0.1) is 0 Å². The number of hydrogen-bond donors (Lipinski definition) is 2. The van der Waals surface area contributed by atoms with E-state index in [2.05, 4.69) is 21.2 Å². The molecule has 2 rings (SSSR count). The van der Waals surface area contributed by atoms with E-state index in [9.17, 15) is 4.39 Å². The number of nitrogens with two attached hydrogens (primary N) is 1. The molecule has 2 unspecified atom stereocenters. The summed E-state index contributed by atoms with van der Waals surface area (Å²) < 4.78 is 19.9. The van der Waals surface area contributed by atoms with Crippen molar-refractivity contribution in [3.63, 3.8) is 0 Å². The lowest BCUT2D eigenvalue weighted by Gasteiger charge is -2.29. The number of hydrogen-bond acceptors (Lipinski definition) is 3. The van der Waals surface area contributed by atoms with E-state index in [1.807, 2.05) is 0 Å². The predicted molar refractivity (Wildman–Crippen MR) is 63.6 cm³/mol. The second-order valence-corrected chi connectivity index (χ2v) is 4.72. The Labute approximate surface area is 102 Å². The molecule has 88 valence electrons. The second-order valence-electron chi connectivity index (χ2n) is 3.80. The van der Waals surface area contributed by atoms with Crippen LogP contribution in [0.4, 0.5) is 4.39 Å². The number of morpholine rings is 1. The van der Waals surface area contributed by atoms with E-state index in [1.54, 1.807) is 12.1 Å². The van der Waals surface area contributed by atoms with Gasteiger partial charge in [0.05, 0.1) is 18.8 Å². The molecule has 5 heteroatoms. The zero-order valence-corrected chi connectivity index (χ0v) is 10.3. The van der Waals surface area contributed by atoms with E-state index in [4.69, 9.17) is 10.5 Å². The zero-order chi connectivity index (χ0) is 11.5. The fourth-order valence-electron chi connectivity index (χ4n) is 1.79. The molecule has 1 heterocycles. The average molecular weight is 289 g/mol. The Morgan fingerprint density at radius 1 is 1.56 bits per heavy atom. The first-order valence-electron chi connectivity index (χ1n) is 5.21. The third-order valence-corrected chi connectivity index (χ3v) is 3.17. The van der Waals surface area contributed by atoms with Gasteiger partial charge in [-0.2, -0.15) is 0 Å². The maximum absolute atomic E-state index is 13.6. The molecule has 0 aliphatic carbocycles. The Kier molecular flexibility index (Phi) is 3.91. The largest absolute Gasteiger partial charge is 0.374 e. The first kappa shape index (κ1) is 12.0. The van der Waals surface area contributed by atoms with E-state index >= 15 is 0 Å². The van der Waals surface area contributed by atoms with Gasteiger partial charge in [0.25, 0.3) is 0 Å². The summed E-state index contributed by atoms with van der Waals surface area (Å²) in [5.74, 6) is -0.287. The van der Waals surface area contributed by atoms with Crippen molar-refractivity contribution in [3.05, 3.63) is 34.1 Å². The van der Waals surface area contributed by atoms with Crippen LogP contribution in [-0.4, -0.2) is 25.8 Å². The van der Waals surface area contributed by atoms with Crippen molar-refractivity contribution in [2.24, 2.45) is 5.73 Å². The molecule has 1 aliphatic rings. The lowest BCUT2D eigenvalue weighted by atomic mass is 10.0. The molecular weight excluding hydrogens is 275 g/mol. The van der Waals surface area contributed by atoms with Crippen LogP contribution < -0.4 is 11.1 Å². The van der Waals surface area contributed by atoms with Gasteiger partial charge >= 0.3 is 0 Å². The first-order valence-corrected chi connectivity index (χ1v) is 6.00. The van der Waals surface area contributed by atoms with E-state index in [0.717, 1.165) is 11.0 Å². The highest BCUT2D eigenvalue weighted by Crippen LogP contribution is 2.24. The highest BCUT2D eigenvalue weighted by molar-refractivity contribution is 9.10. The number of halogens is 2. The van der Waals surface area contributed by atoms with Crippen molar-refractivity contribution in [2.45, 2.75) is 12.1 Å². The Morgan fingerprint density at radius 3 is 3.06 bits per heavy atom. The van der Waals surface area contributed by atoms with Crippen LogP contribution in [0.3, 0.4) is 0 Å². The fraction of sp³-hybridized carbons (Fsp3) is 0.455. The molecule has 1 aromatic rings. The topological polar surface area (TPSA) is 47.3 Å². The molecule has 1 aliphatic heterocycles. The fourth-order valence-corrected chi connectivity index (χ4v) is 2.17. The SMILES string of the molecule is NC(c1cc(Br)ccc1F)C1CNCCO1. The monoisotopic (exact) mass is 288 g/mol. The van der Waals surface area contributed by atoms with E-state index in [0.29, 0.717) is 18.7 Å². The average Bonchev–Trinajstić information content (AvgIpc) is 2.32. The normalized spacial score (nSPS) is 23.1. The van der Waals surface area contributed by atoms with E-state index in [-0.39, 0.29) is 11.9 Å². The molecule has 0 spiro atoms. The lowest BCUT2D eigenvalue weighted by molar-refractivity contribution is 0.0115. The lowest BCUT2D eigenvalue weighted by Crippen LogP contribution is -2.44. The molecule has 16 heavy (non-hydrogen) atoms. The molecule has 0 amide bonds. The van der Waals surface area contributed by atoms with Gasteiger partial charge in [-0.1, -0.05) is 15.9 Å². The van der Waals surface area contributed by atoms with Gasteiger partial charge < -0.3 is 15.8 Å². The van der Waals surface area contributed by atoms with Gasteiger partial charge in [0, 0.05) is 23.1 Å². The molecule has 0 aromatic heterocycles. The number of ether oxygens (including phenoxy) is 1. The van der Waals surface area contributed by atoms with Crippen molar-refractivity contribution in [1.29, 1.82) is 0 Å². The van der Waals surface area contributed by atoms with E-state index < -0.39 is 6.04 Å². The molecule has 1 fully saturated rings. The maximum atomic E-state index is 13.6. The molecule has 3 nitrogen and oxygen atoms in total. The van der Waals surface area contributed by atoms with Gasteiger partial charge in [-0.25, -0.2) is 4.39 Å². The number of benzene rings is 1. The summed E-state index contributed by atoms with van der Waals surface area (Å²) in [4.78, 5) is 0. The molecule has 3 N–H and O–H groups in total. The third-order valence-electron chi connectivity index (χ3n) is 2.67. The summed E-state index contributed by atoms with van der Waals surface area (Å²) in [6.45, 7) is 2.10. The third kappa shape index (κ3) is 2.60.